The summed E-state index contributed by atoms with van der Waals surface area (Å²) in [7, 11) is 0. The quantitative estimate of drug-likeness (QED) is 0.240. The topological polar surface area (TPSA) is 137 Å². The van der Waals surface area contributed by atoms with E-state index in [0.29, 0.717) is 10.9 Å². The molecule has 2 aromatic carbocycles. The third-order valence-electron chi connectivity index (χ3n) is 4.55. The second-order valence-corrected chi connectivity index (χ2v) is 6.31. The van der Waals surface area contributed by atoms with Gasteiger partial charge in [0.1, 0.15) is 5.56 Å². The number of carbonyl (C=O) groups is 1. The number of ether oxygens (including phenoxy) is 1. The summed E-state index contributed by atoms with van der Waals surface area (Å²) in [6, 6.07) is 10.8. The smallest absolute Gasteiger partial charge is 0.344 e. The van der Waals surface area contributed by atoms with E-state index in [1.165, 1.54) is 18.2 Å². The van der Waals surface area contributed by atoms with Crippen LogP contribution in [0.5, 0.6) is 11.5 Å². The minimum Gasteiger partial charge on any atom is -0.504 e. The fraction of sp³-hybridized carbons (Fsp3) is 0.0952. The summed E-state index contributed by atoms with van der Waals surface area (Å²) in [6.45, 7) is 1.68. The number of nitrogens with one attached hydrogen (secondary N) is 2. The maximum Gasteiger partial charge on any atom is 0.344 e. The number of phenols is 2. The number of esters is 1. The Morgan fingerprint density at radius 1 is 1.17 bits per heavy atom. The summed E-state index contributed by atoms with van der Waals surface area (Å²) in [5.74, 6) is -1.63. The zero-order valence-corrected chi connectivity index (χ0v) is 15.3. The van der Waals surface area contributed by atoms with E-state index in [-0.39, 0.29) is 40.0 Å². The fourth-order valence-corrected chi connectivity index (χ4v) is 3.30. The zero-order chi connectivity index (χ0) is 20.7. The van der Waals surface area contributed by atoms with Gasteiger partial charge in [0.15, 0.2) is 17.1 Å². The molecule has 0 spiro atoms. The molecule has 0 atom stereocenters. The lowest BCUT2D eigenvalue weighted by atomic mass is 9.96. The van der Waals surface area contributed by atoms with Gasteiger partial charge in [-0.05, 0) is 36.8 Å². The van der Waals surface area contributed by atoms with E-state index in [9.17, 15) is 19.8 Å². The predicted molar refractivity (Wildman–Crippen MR) is 105 cm³/mol. The number of hydrogen-bond donors (Lipinski definition) is 4. The van der Waals surface area contributed by atoms with Crippen LogP contribution < -0.4 is 11.1 Å². The van der Waals surface area contributed by atoms with Crippen molar-refractivity contribution in [2.75, 3.05) is 6.61 Å². The van der Waals surface area contributed by atoms with Crippen molar-refractivity contribution in [2.24, 2.45) is 0 Å². The SMILES string of the molecule is CCOC(=O)c1c(-c2ccc(O)c(O)c2)c2c(=O)[nH]c3ccccc3c2oc1=N. The monoisotopic (exact) mass is 392 g/mol. The number of pyridine rings is 1. The number of hydrogen-bond acceptors (Lipinski definition) is 7. The first-order valence-corrected chi connectivity index (χ1v) is 8.78. The summed E-state index contributed by atoms with van der Waals surface area (Å²) in [6.07, 6.45) is 0. The lowest BCUT2D eigenvalue weighted by Crippen LogP contribution is -2.21. The number of H-pyrrole nitrogens is 1. The second kappa shape index (κ2) is 6.83. The lowest BCUT2D eigenvalue weighted by molar-refractivity contribution is 0.0522. The molecule has 0 radical (unpaired) electrons. The Morgan fingerprint density at radius 3 is 2.66 bits per heavy atom. The van der Waals surface area contributed by atoms with Crippen molar-refractivity contribution in [1.29, 1.82) is 5.41 Å². The third kappa shape index (κ3) is 2.91. The first-order valence-electron chi connectivity index (χ1n) is 8.78. The van der Waals surface area contributed by atoms with E-state index in [0.717, 1.165) is 0 Å². The Hall–Kier alpha value is -4.07. The molecule has 8 nitrogen and oxygen atoms in total. The fourth-order valence-electron chi connectivity index (χ4n) is 3.30. The molecule has 4 aromatic rings. The summed E-state index contributed by atoms with van der Waals surface area (Å²) >= 11 is 0. The van der Waals surface area contributed by atoms with E-state index in [1.807, 2.05) is 0 Å². The van der Waals surface area contributed by atoms with Crippen molar-refractivity contribution in [1.82, 2.24) is 4.98 Å². The largest absolute Gasteiger partial charge is 0.504 e. The number of rotatable bonds is 3. The number of fused-ring (bicyclic) bond motifs is 3. The molecule has 0 saturated heterocycles. The molecule has 29 heavy (non-hydrogen) atoms. The van der Waals surface area contributed by atoms with Gasteiger partial charge in [0.2, 0.25) is 5.55 Å². The summed E-state index contributed by atoms with van der Waals surface area (Å²) in [4.78, 5) is 28.3. The third-order valence-corrected chi connectivity index (χ3v) is 4.55. The predicted octanol–water partition coefficient (Wildman–Crippen LogP) is 3.01. The van der Waals surface area contributed by atoms with Crippen molar-refractivity contribution in [2.45, 2.75) is 6.92 Å². The maximum atomic E-state index is 12.9. The van der Waals surface area contributed by atoms with Crippen molar-refractivity contribution >= 4 is 27.8 Å². The van der Waals surface area contributed by atoms with Crippen LogP contribution in [0.15, 0.2) is 51.7 Å². The van der Waals surface area contributed by atoms with Gasteiger partial charge in [-0.25, -0.2) is 4.79 Å². The van der Waals surface area contributed by atoms with Gasteiger partial charge in [0.05, 0.1) is 17.5 Å². The van der Waals surface area contributed by atoms with Crippen LogP contribution in [0.2, 0.25) is 0 Å². The highest BCUT2D eigenvalue weighted by atomic mass is 16.5. The van der Waals surface area contributed by atoms with Crippen molar-refractivity contribution in [3.05, 3.63) is 63.9 Å². The van der Waals surface area contributed by atoms with Crippen LogP contribution in [-0.2, 0) is 4.74 Å². The maximum absolute atomic E-state index is 12.9. The van der Waals surface area contributed by atoms with Crippen molar-refractivity contribution in [3.63, 3.8) is 0 Å². The lowest BCUT2D eigenvalue weighted by Gasteiger charge is -2.13. The number of para-hydroxylation sites is 1. The molecule has 0 amide bonds. The Kier molecular flexibility index (Phi) is 4.31. The first kappa shape index (κ1) is 18.3. The molecular weight excluding hydrogens is 376 g/mol. The molecule has 146 valence electrons. The van der Waals surface area contributed by atoms with Gasteiger partial charge in [-0.3, -0.25) is 10.2 Å². The van der Waals surface area contributed by atoms with Crippen molar-refractivity contribution in [3.8, 4) is 22.6 Å². The van der Waals surface area contributed by atoms with Crippen LogP contribution in [0.1, 0.15) is 17.3 Å². The van der Waals surface area contributed by atoms with Crippen LogP contribution in [-0.4, -0.2) is 27.8 Å². The van der Waals surface area contributed by atoms with E-state index in [2.05, 4.69) is 4.98 Å². The average molecular weight is 392 g/mol. The van der Waals surface area contributed by atoms with Gasteiger partial charge >= 0.3 is 5.97 Å². The molecule has 0 aliphatic heterocycles. The van der Waals surface area contributed by atoms with E-state index in [4.69, 9.17) is 14.6 Å². The van der Waals surface area contributed by atoms with Gasteiger partial charge in [-0.2, -0.15) is 0 Å². The second-order valence-electron chi connectivity index (χ2n) is 6.31. The molecule has 8 heteroatoms. The Bertz CT molecular complexity index is 1400. The Morgan fingerprint density at radius 2 is 1.93 bits per heavy atom. The molecule has 2 heterocycles. The molecule has 0 aliphatic carbocycles. The van der Waals surface area contributed by atoms with Crippen LogP contribution >= 0.6 is 0 Å². The molecule has 0 unspecified atom stereocenters. The molecule has 0 aliphatic rings. The highest BCUT2D eigenvalue weighted by Crippen LogP contribution is 2.36. The zero-order valence-electron chi connectivity index (χ0n) is 15.3. The molecular formula is C21H16N2O6. The summed E-state index contributed by atoms with van der Waals surface area (Å²) < 4.78 is 10.7. The Labute approximate surface area is 163 Å². The van der Waals surface area contributed by atoms with E-state index < -0.39 is 22.8 Å². The summed E-state index contributed by atoms with van der Waals surface area (Å²) in [5, 5.41) is 28.5. The number of phenolic OH excluding ortho intramolecular Hbond substituents is 2. The van der Waals surface area contributed by atoms with Crippen LogP contribution in [0.4, 0.5) is 0 Å². The van der Waals surface area contributed by atoms with Gasteiger partial charge in [0, 0.05) is 10.9 Å². The average Bonchev–Trinajstić information content (AvgIpc) is 2.69. The number of aromatic amines is 1. The van der Waals surface area contributed by atoms with Gasteiger partial charge in [0.25, 0.3) is 5.56 Å². The molecule has 4 N–H and O–H groups in total. The van der Waals surface area contributed by atoms with E-state index in [1.54, 1.807) is 31.2 Å². The van der Waals surface area contributed by atoms with Crippen LogP contribution in [0.25, 0.3) is 33.0 Å². The molecule has 4 rings (SSSR count). The minimum atomic E-state index is -0.835. The number of aromatic nitrogens is 1. The van der Waals surface area contributed by atoms with Crippen molar-refractivity contribution < 1.29 is 24.2 Å². The van der Waals surface area contributed by atoms with Gasteiger partial charge in [-0.1, -0.05) is 18.2 Å². The number of aromatic hydroxyl groups is 2. The summed E-state index contributed by atoms with van der Waals surface area (Å²) in [5.41, 5.74) is -0.285. The van der Waals surface area contributed by atoms with Crippen LogP contribution in [0, 0.1) is 5.41 Å². The molecule has 2 aromatic heterocycles. The normalized spacial score (nSPS) is 11.1. The first-order chi connectivity index (χ1) is 13.9. The Balaban J connectivity index is 2.25. The molecule has 0 bridgehead atoms. The number of carbonyl (C=O) groups excluding carboxylic acids is 1. The highest BCUT2D eigenvalue weighted by molar-refractivity contribution is 6.11. The standard InChI is InChI=1S/C21H16N2O6/c1-2-28-21(27)17-15(10-7-8-13(24)14(25)9-10)16-18(29-19(17)22)11-5-3-4-6-12(11)23-20(16)26/h3-9,22,24-25H,2H2,1H3,(H,23,26). The van der Waals surface area contributed by atoms with Crippen LogP contribution in [0.3, 0.4) is 0 Å². The minimum absolute atomic E-state index is 0.0350. The van der Waals surface area contributed by atoms with Gasteiger partial charge < -0.3 is 24.4 Å². The highest BCUT2D eigenvalue weighted by Gasteiger charge is 2.25. The molecule has 0 saturated carbocycles. The van der Waals surface area contributed by atoms with Gasteiger partial charge in [-0.15, -0.1) is 0 Å². The number of benzene rings is 2. The molecule has 0 fully saturated rings. The van der Waals surface area contributed by atoms with E-state index >= 15 is 0 Å².